The van der Waals surface area contributed by atoms with E-state index in [1.807, 2.05) is 38.1 Å². The molecule has 0 fully saturated rings. The molecule has 0 radical (unpaired) electrons. The zero-order valence-electron chi connectivity index (χ0n) is 17.1. The number of carbonyl (C=O) groups is 1. The molecule has 1 aromatic heterocycles. The zero-order valence-corrected chi connectivity index (χ0v) is 17.9. The summed E-state index contributed by atoms with van der Waals surface area (Å²) < 4.78 is 5.85. The van der Waals surface area contributed by atoms with Crippen LogP contribution in [0.2, 0.25) is 0 Å². The number of amides is 1. The Kier molecular flexibility index (Phi) is 6.88. The SMILES string of the molecule is Cc1ccc(Oc2nccnc2SCC(=O)N[C@@H](C)c2ccc(C)cc2C)cc1. The monoisotopic (exact) mass is 407 g/mol. The molecular formula is C23H25N3O2S. The smallest absolute Gasteiger partial charge is 0.252 e. The maximum absolute atomic E-state index is 12.5. The lowest BCUT2D eigenvalue weighted by atomic mass is 10.0. The highest BCUT2D eigenvalue weighted by atomic mass is 32.2. The van der Waals surface area contributed by atoms with Crippen LogP contribution in [0.3, 0.4) is 0 Å². The molecule has 5 nitrogen and oxygen atoms in total. The number of aromatic nitrogens is 2. The molecule has 0 aliphatic heterocycles. The van der Waals surface area contributed by atoms with Crippen LogP contribution < -0.4 is 10.1 Å². The van der Waals surface area contributed by atoms with Gasteiger partial charge in [-0.05, 0) is 51.0 Å². The Morgan fingerprint density at radius 2 is 1.72 bits per heavy atom. The third-order valence-corrected chi connectivity index (χ3v) is 5.44. The molecule has 3 rings (SSSR count). The van der Waals surface area contributed by atoms with Crippen LogP contribution in [0, 0.1) is 20.8 Å². The van der Waals surface area contributed by atoms with E-state index in [9.17, 15) is 4.79 Å². The molecule has 29 heavy (non-hydrogen) atoms. The first-order chi connectivity index (χ1) is 13.9. The van der Waals surface area contributed by atoms with E-state index >= 15 is 0 Å². The first-order valence-electron chi connectivity index (χ1n) is 9.47. The standard InChI is InChI=1S/C23H25N3O2S/c1-15-5-8-19(9-6-15)28-22-23(25-12-11-24-22)29-14-21(27)26-18(4)20-10-7-16(2)13-17(20)3/h5-13,18H,14H2,1-4H3,(H,26,27)/t18-/m0/s1. The van der Waals surface area contributed by atoms with Crippen LogP contribution >= 0.6 is 11.8 Å². The van der Waals surface area contributed by atoms with Crippen LogP contribution in [0.4, 0.5) is 0 Å². The fourth-order valence-corrected chi connectivity index (χ4v) is 3.71. The van der Waals surface area contributed by atoms with Crippen LogP contribution in [0.1, 0.15) is 35.2 Å². The number of nitrogens with zero attached hydrogens (tertiary/aromatic N) is 2. The number of benzene rings is 2. The minimum atomic E-state index is -0.0613. The molecule has 1 N–H and O–H groups in total. The van der Waals surface area contributed by atoms with Crippen LogP contribution in [-0.4, -0.2) is 21.6 Å². The normalized spacial score (nSPS) is 11.7. The van der Waals surface area contributed by atoms with Crippen molar-refractivity contribution in [2.24, 2.45) is 0 Å². The van der Waals surface area contributed by atoms with Gasteiger partial charge in [0.25, 0.3) is 5.88 Å². The summed E-state index contributed by atoms with van der Waals surface area (Å²) in [5.74, 6) is 1.26. The van der Waals surface area contributed by atoms with Gasteiger partial charge in [-0.2, -0.15) is 0 Å². The summed E-state index contributed by atoms with van der Waals surface area (Å²) in [5.41, 5.74) is 4.66. The molecule has 0 aliphatic carbocycles. The first-order valence-corrected chi connectivity index (χ1v) is 10.5. The third-order valence-electron chi connectivity index (χ3n) is 4.48. The molecule has 1 heterocycles. The van der Waals surface area contributed by atoms with Gasteiger partial charge in [-0.3, -0.25) is 4.79 Å². The minimum Gasteiger partial charge on any atom is -0.437 e. The van der Waals surface area contributed by atoms with Gasteiger partial charge < -0.3 is 10.1 Å². The summed E-state index contributed by atoms with van der Waals surface area (Å²) in [6.45, 7) is 8.14. The van der Waals surface area contributed by atoms with E-state index in [1.54, 1.807) is 12.4 Å². The quantitative estimate of drug-likeness (QED) is 0.548. The van der Waals surface area contributed by atoms with Gasteiger partial charge in [-0.15, -0.1) is 0 Å². The van der Waals surface area contributed by atoms with E-state index in [0.717, 1.165) is 11.1 Å². The van der Waals surface area contributed by atoms with Gasteiger partial charge in [0.1, 0.15) is 5.75 Å². The molecule has 0 unspecified atom stereocenters. The molecule has 3 aromatic rings. The number of carbonyl (C=O) groups excluding carboxylic acids is 1. The number of rotatable bonds is 7. The molecular weight excluding hydrogens is 382 g/mol. The lowest BCUT2D eigenvalue weighted by molar-refractivity contribution is -0.119. The maximum atomic E-state index is 12.5. The van der Waals surface area contributed by atoms with Gasteiger partial charge in [-0.25, -0.2) is 9.97 Å². The summed E-state index contributed by atoms with van der Waals surface area (Å²) in [7, 11) is 0. The van der Waals surface area contributed by atoms with Crippen molar-refractivity contribution < 1.29 is 9.53 Å². The second-order valence-electron chi connectivity index (χ2n) is 7.02. The number of nitrogens with one attached hydrogen (secondary N) is 1. The number of ether oxygens (including phenoxy) is 1. The molecule has 1 amide bonds. The molecule has 1 atom stereocenters. The Hall–Kier alpha value is -2.86. The molecule has 150 valence electrons. The fourth-order valence-electron chi connectivity index (χ4n) is 3.01. The average Bonchev–Trinajstić information content (AvgIpc) is 2.69. The minimum absolute atomic E-state index is 0.0607. The lowest BCUT2D eigenvalue weighted by Gasteiger charge is -2.17. The Labute approximate surface area is 175 Å². The number of aryl methyl sites for hydroxylation is 3. The summed E-state index contributed by atoms with van der Waals surface area (Å²) in [5, 5.41) is 3.64. The zero-order chi connectivity index (χ0) is 20.8. The van der Waals surface area contributed by atoms with Crippen molar-refractivity contribution >= 4 is 17.7 Å². The van der Waals surface area contributed by atoms with Crippen molar-refractivity contribution in [1.29, 1.82) is 0 Å². The molecule has 2 aromatic carbocycles. The van der Waals surface area contributed by atoms with E-state index in [2.05, 4.69) is 47.3 Å². The highest BCUT2D eigenvalue weighted by molar-refractivity contribution is 8.00. The maximum Gasteiger partial charge on any atom is 0.252 e. The number of hydrogen-bond donors (Lipinski definition) is 1. The Morgan fingerprint density at radius 3 is 2.45 bits per heavy atom. The Morgan fingerprint density at radius 1 is 1.03 bits per heavy atom. The molecule has 0 saturated carbocycles. The van der Waals surface area contributed by atoms with Gasteiger partial charge in [0.15, 0.2) is 5.03 Å². The van der Waals surface area contributed by atoms with Crippen molar-refractivity contribution in [2.75, 3.05) is 5.75 Å². The Balaban J connectivity index is 1.60. The highest BCUT2D eigenvalue weighted by Gasteiger charge is 2.15. The van der Waals surface area contributed by atoms with Crippen molar-refractivity contribution in [1.82, 2.24) is 15.3 Å². The fraction of sp³-hybridized carbons (Fsp3) is 0.261. The first kappa shape index (κ1) is 20.9. The molecule has 6 heteroatoms. The van der Waals surface area contributed by atoms with Gasteiger partial charge in [0, 0.05) is 12.4 Å². The lowest BCUT2D eigenvalue weighted by Crippen LogP contribution is -2.28. The van der Waals surface area contributed by atoms with Crippen LogP contribution in [0.15, 0.2) is 59.9 Å². The predicted octanol–water partition coefficient (Wildman–Crippen LogP) is 5.16. The van der Waals surface area contributed by atoms with Crippen molar-refractivity contribution in [3.8, 4) is 11.6 Å². The largest absolute Gasteiger partial charge is 0.437 e. The summed E-state index contributed by atoms with van der Waals surface area (Å²) in [6, 6.07) is 13.9. The number of thioether (sulfide) groups is 1. The van der Waals surface area contributed by atoms with Gasteiger partial charge in [0.05, 0.1) is 11.8 Å². The second kappa shape index (κ2) is 9.56. The van der Waals surface area contributed by atoms with E-state index in [4.69, 9.17) is 4.74 Å². The Bertz CT molecular complexity index is 990. The molecule has 0 bridgehead atoms. The molecule has 0 saturated heterocycles. The van der Waals surface area contributed by atoms with E-state index in [1.165, 1.54) is 22.9 Å². The van der Waals surface area contributed by atoms with Crippen LogP contribution in [0.25, 0.3) is 0 Å². The van der Waals surface area contributed by atoms with Crippen molar-refractivity contribution in [3.63, 3.8) is 0 Å². The van der Waals surface area contributed by atoms with Gasteiger partial charge >= 0.3 is 0 Å². The summed E-state index contributed by atoms with van der Waals surface area (Å²) >= 11 is 1.31. The van der Waals surface area contributed by atoms with Gasteiger partial charge in [0.2, 0.25) is 5.91 Å². The van der Waals surface area contributed by atoms with Crippen molar-refractivity contribution in [2.45, 2.75) is 38.8 Å². The molecule has 0 aliphatic rings. The third kappa shape index (κ3) is 5.81. The predicted molar refractivity (Wildman–Crippen MR) is 116 cm³/mol. The highest BCUT2D eigenvalue weighted by Crippen LogP contribution is 2.29. The van der Waals surface area contributed by atoms with Crippen LogP contribution in [0.5, 0.6) is 11.6 Å². The van der Waals surface area contributed by atoms with E-state index in [-0.39, 0.29) is 17.7 Å². The number of hydrogen-bond acceptors (Lipinski definition) is 5. The topological polar surface area (TPSA) is 64.1 Å². The average molecular weight is 408 g/mol. The van der Waals surface area contributed by atoms with Crippen molar-refractivity contribution in [3.05, 3.63) is 77.1 Å². The summed E-state index contributed by atoms with van der Waals surface area (Å²) in [4.78, 5) is 21.1. The molecule has 0 spiro atoms. The second-order valence-corrected chi connectivity index (χ2v) is 7.98. The van der Waals surface area contributed by atoms with E-state index in [0.29, 0.717) is 16.7 Å². The van der Waals surface area contributed by atoms with Gasteiger partial charge in [-0.1, -0.05) is 53.2 Å². The summed E-state index contributed by atoms with van der Waals surface area (Å²) in [6.07, 6.45) is 3.18. The van der Waals surface area contributed by atoms with E-state index < -0.39 is 0 Å². The van der Waals surface area contributed by atoms with Crippen LogP contribution in [-0.2, 0) is 4.79 Å².